The fourth-order valence-corrected chi connectivity index (χ4v) is 3.13. The molecule has 1 aliphatic carbocycles. The summed E-state index contributed by atoms with van der Waals surface area (Å²) in [5, 5.41) is 0. The number of halogens is 1. The Bertz CT molecular complexity index is 975. The number of pyridine rings is 1. The van der Waals surface area contributed by atoms with Gasteiger partial charge in [-0.1, -0.05) is 18.2 Å². The van der Waals surface area contributed by atoms with Crippen molar-refractivity contribution < 1.29 is 14.0 Å². The highest BCUT2D eigenvalue weighted by atomic mass is 19.1. The molecule has 1 fully saturated rings. The third-order valence-electron chi connectivity index (χ3n) is 4.62. The van der Waals surface area contributed by atoms with E-state index in [4.69, 9.17) is 0 Å². The third-order valence-corrected chi connectivity index (χ3v) is 4.62. The lowest BCUT2D eigenvalue weighted by Crippen LogP contribution is -2.08. The lowest BCUT2D eigenvalue weighted by Gasteiger charge is -2.07. The van der Waals surface area contributed by atoms with Crippen LogP contribution in [0.2, 0.25) is 0 Å². The zero-order chi connectivity index (χ0) is 18.1. The van der Waals surface area contributed by atoms with Crippen LogP contribution in [0.15, 0.2) is 55.0 Å². The van der Waals surface area contributed by atoms with E-state index in [0.29, 0.717) is 11.3 Å². The van der Waals surface area contributed by atoms with Gasteiger partial charge in [0.1, 0.15) is 5.82 Å². The number of carbonyl (C=O) groups is 2. The van der Waals surface area contributed by atoms with E-state index < -0.39 is 5.82 Å². The van der Waals surface area contributed by atoms with Gasteiger partial charge in [-0.05, 0) is 48.1 Å². The molecule has 2 aromatic heterocycles. The number of rotatable bonds is 6. The maximum absolute atomic E-state index is 14.3. The Morgan fingerprint density at radius 2 is 2.04 bits per heavy atom. The zero-order valence-electron chi connectivity index (χ0n) is 14.0. The second-order valence-corrected chi connectivity index (χ2v) is 6.57. The van der Waals surface area contributed by atoms with E-state index in [1.54, 1.807) is 24.5 Å². The normalized spacial score (nSPS) is 13.6. The first kappa shape index (κ1) is 16.4. The number of aromatic amines is 1. The van der Waals surface area contributed by atoms with Crippen molar-refractivity contribution in [1.82, 2.24) is 9.97 Å². The highest BCUT2D eigenvalue weighted by Gasteiger charge is 2.30. The Kier molecular flexibility index (Phi) is 4.21. The van der Waals surface area contributed by atoms with Gasteiger partial charge < -0.3 is 4.98 Å². The second-order valence-electron chi connectivity index (χ2n) is 6.57. The van der Waals surface area contributed by atoms with Gasteiger partial charge in [-0.25, -0.2) is 4.39 Å². The van der Waals surface area contributed by atoms with Crippen molar-refractivity contribution in [1.29, 1.82) is 0 Å². The van der Waals surface area contributed by atoms with Gasteiger partial charge in [0.05, 0.1) is 11.3 Å². The van der Waals surface area contributed by atoms with Gasteiger partial charge in [0.25, 0.3) is 0 Å². The summed E-state index contributed by atoms with van der Waals surface area (Å²) >= 11 is 0. The topological polar surface area (TPSA) is 62.8 Å². The van der Waals surface area contributed by atoms with E-state index in [9.17, 15) is 14.0 Å². The number of H-pyrrole nitrogens is 1. The summed E-state index contributed by atoms with van der Waals surface area (Å²) in [6, 6.07) is 9.85. The monoisotopic (exact) mass is 348 g/mol. The van der Waals surface area contributed by atoms with Crippen molar-refractivity contribution in [3.05, 3.63) is 88.8 Å². The Morgan fingerprint density at radius 1 is 1.19 bits per heavy atom. The van der Waals surface area contributed by atoms with Crippen LogP contribution in [0.3, 0.4) is 0 Å². The van der Waals surface area contributed by atoms with Crippen LogP contribution in [0.1, 0.15) is 56.3 Å². The molecule has 0 bridgehead atoms. The minimum absolute atomic E-state index is 0.125. The fraction of sp³-hybridized carbons (Fsp3) is 0.190. The largest absolute Gasteiger partial charge is 0.358 e. The summed E-state index contributed by atoms with van der Waals surface area (Å²) in [6.45, 7) is 0. The summed E-state index contributed by atoms with van der Waals surface area (Å²) in [4.78, 5) is 32.1. The SMILES string of the molecule is O=C(Cc1cccnc1)c1cc(C(=O)c2c(F)cccc2C2CC2)c[nH]1. The van der Waals surface area contributed by atoms with Crippen molar-refractivity contribution in [3.63, 3.8) is 0 Å². The van der Waals surface area contributed by atoms with E-state index >= 15 is 0 Å². The van der Waals surface area contributed by atoms with Gasteiger partial charge in [-0.2, -0.15) is 0 Å². The highest BCUT2D eigenvalue weighted by molar-refractivity contribution is 6.11. The average Bonchev–Trinajstić information content (AvgIpc) is 3.37. The Hall–Kier alpha value is -3.08. The first-order valence-electron chi connectivity index (χ1n) is 8.57. The van der Waals surface area contributed by atoms with Crippen LogP contribution in [-0.2, 0) is 6.42 Å². The zero-order valence-corrected chi connectivity index (χ0v) is 14.0. The molecule has 130 valence electrons. The summed E-state index contributed by atoms with van der Waals surface area (Å²) in [5.74, 6) is -0.784. The number of Topliss-reactive ketones (excluding diaryl/α,β-unsaturated/α-hetero) is 1. The molecular formula is C21H17FN2O2. The van der Waals surface area contributed by atoms with Crippen molar-refractivity contribution >= 4 is 11.6 Å². The molecular weight excluding hydrogens is 331 g/mol. The Morgan fingerprint density at radius 3 is 2.77 bits per heavy atom. The van der Waals surface area contributed by atoms with Gasteiger partial charge in [0.15, 0.2) is 11.6 Å². The molecule has 4 nitrogen and oxygen atoms in total. The number of hydrogen-bond donors (Lipinski definition) is 1. The molecule has 0 atom stereocenters. The van der Waals surface area contributed by atoms with Crippen molar-refractivity contribution in [3.8, 4) is 0 Å². The van der Waals surface area contributed by atoms with Gasteiger partial charge >= 0.3 is 0 Å². The van der Waals surface area contributed by atoms with Gasteiger partial charge in [-0.3, -0.25) is 14.6 Å². The molecule has 26 heavy (non-hydrogen) atoms. The smallest absolute Gasteiger partial charge is 0.197 e. The average molecular weight is 348 g/mol. The minimum Gasteiger partial charge on any atom is -0.358 e. The number of ketones is 2. The molecule has 5 heteroatoms. The highest BCUT2D eigenvalue weighted by Crippen LogP contribution is 2.42. The second kappa shape index (κ2) is 6.67. The first-order chi connectivity index (χ1) is 12.6. The maximum Gasteiger partial charge on any atom is 0.197 e. The molecule has 1 N–H and O–H groups in total. The molecule has 1 aliphatic rings. The van der Waals surface area contributed by atoms with Crippen LogP contribution in [0.4, 0.5) is 4.39 Å². The van der Waals surface area contributed by atoms with Crippen LogP contribution in [0.5, 0.6) is 0 Å². The standard InChI is InChI=1S/C21H17FN2O2/c22-17-5-1-4-16(14-6-7-14)20(17)21(26)15-10-18(24-12-15)19(25)9-13-3-2-8-23-11-13/h1-5,8,10-12,14,24H,6-7,9H2. The molecule has 0 unspecified atom stereocenters. The molecule has 4 rings (SSSR count). The van der Waals surface area contributed by atoms with E-state index in [1.807, 2.05) is 12.1 Å². The molecule has 2 heterocycles. The van der Waals surface area contributed by atoms with E-state index in [1.165, 1.54) is 18.3 Å². The van der Waals surface area contributed by atoms with E-state index in [-0.39, 0.29) is 29.5 Å². The Labute approximate surface area is 150 Å². The number of carbonyl (C=O) groups excluding carboxylic acids is 2. The van der Waals surface area contributed by atoms with Crippen LogP contribution >= 0.6 is 0 Å². The minimum atomic E-state index is -0.510. The quantitative estimate of drug-likeness (QED) is 0.683. The molecule has 0 spiro atoms. The van der Waals surface area contributed by atoms with Gasteiger partial charge in [0, 0.05) is 30.6 Å². The van der Waals surface area contributed by atoms with E-state index in [0.717, 1.165) is 24.0 Å². The molecule has 0 aliphatic heterocycles. The number of aromatic nitrogens is 2. The molecule has 3 aromatic rings. The summed E-state index contributed by atoms with van der Waals surface area (Å²) in [6.07, 6.45) is 6.90. The molecule has 1 saturated carbocycles. The summed E-state index contributed by atoms with van der Waals surface area (Å²) in [5.41, 5.74) is 2.32. The number of benzene rings is 1. The lowest BCUT2D eigenvalue weighted by atomic mass is 9.96. The van der Waals surface area contributed by atoms with Crippen molar-refractivity contribution in [2.45, 2.75) is 25.2 Å². The molecule has 0 radical (unpaired) electrons. The maximum atomic E-state index is 14.3. The van der Waals surface area contributed by atoms with Gasteiger partial charge in [-0.15, -0.1) is 0 Å². The predicted molar refractivity (Wildman–Crippen MR) is 94.9 cm³/mol. The number of nitrogens with one attached hydrogen (secondary N) is 1. The fourth-order valence-electron chi connectivity index (χ4n) is 3.13. The molecule has 0 saturated heterocycles. The first-order valence-corrected chi connectivity index (χ1v) is 8.57. The van der Waals surface area contributed by atoms with E-state index in [2.05, 4.69) is 9.97 Å². The number of hydrogen-bond acceptors (Lipinski definition) is 3. The van der Waals surface area contributed by atoms with Gasteiger partial charge in [0.2, 0.25) is 0 Å². The van der Waals surface area contributed by atoms with Crippen LogP contribution in [-0.4, -0.2) is 21.5 Å². The third kappa shape index (κ3) is 3.20. The van der Waals surface area contributed by atoms with Crippen molar-refractivity contribution in [2.24, 2.45) is 0 Å². The van der Waals surface area contributed by atoms with Crippen molar-refractivity contribution in [2.75, 3.05) is 0 Å². The summed E-state index contributed by atoms with van der Waals surface area (Å²) < 4.78 is 14.3. The Balaban J connectivity index is 1.59. The van der Waals surface area contributed by atoms with Crippen LogP contribution in [0, 0.1) is 5.82 Å². The summed E-state index contributed by atoms with van der Waals surface area (Å²) in [7, 11) is 0. The molecule has 0 amide bonds. The number of nitrogens with zero attached hydrogens (tertiary/aromatic N) is 1. The van der Waals surface area contributed by atoms with Crippen LogP contribution in [0.25, 0.3) is 0 Å². The molecule has 1 aromatic carbocycles. The lowest BCUT2D eigenvalue weighted by molar-refractivity contribution is 0.0988. The van der Waals surface area contributed by atoms with Crippen LogP contribution < -0.4 is 0 Å². The predicted octanol–water partition coefficient (Wildman–Crippen LogP) is 4.08.